The molecule has 4 nitrogen and oxygen atoms in total. The highest BCUT2D eigenvalue weighted by molar-refractivity contribution is 5.46. The number of hydrogen-bond donors (Lipinski definition) is 2. The molecule has 0 saturated heterocycles. The molecule has 0 aliphatic heterocycles. The lowest BCUT2D eigenvalue weighted by molar-refractivity contribution is 0.164. The van der Waals surface area contributed by atoms with Crippen LogP contribution in [0.15, 0.2) is 6.33 Å². The number of hydrogen-bond acceptors (Lipinski definition) is 4. The molecule has 0 fully saturated rings. The lowest BCUT2D eigenvalue weighted by atomic mass is 9.96. The molecule has 2 rings (SSSR count). The molecule has 0 bridgehead atoms. The molecule has 0 spiro atoms. The number of aliphatic hydroxyl groups is 1. The van der Waals surface area contributed by atoms with E-state index in [2.05, 4.69) is 15.3 Å². The first kappa shape index (κ1) is 12.3. The van der Waals surface area contributed by atoms with Crippen LogP contribution in [0.25, 0.3) is 0 Å². The summed E-state index contributed by atoms with van der Waals surface area (Å²) in [5.74, 6) is 0.970. The summed E-state index contributed by atoms with van der Waals surface area (Å²) >= 11 is 0. The van der Waals surface area contributed by atoms with Crippen molar-refractivity contribution in [2.45, 2.75) is 51.6 Å². The fourth-order valence-electron chi connectivity index (χ4n) is 2.23. The lowest BCUT2D eigenvalue weighted by Crippen LogP contribution is -2.16. The van der Waals surface area contributed by atoms with Gasteiger partial charge in [-0.3, -0.25) is 0 Å². The van der Waals surface area contributed by atoms with Crippen LogP contribution in [0.4, 0.5) is 5.82 Å². The Morgan fingerprint density at radius 3 is 3.00 bits per heavy atom. The smallest absolute Gasteiger partial charge is 0.132 e. The molecule has 1 heterocycles. The Morgan fingerprint density at radius 1 is 1.35 bits per heavy atom. The van der Waals surface area contributed by atoms with Gasteiger partial charge in [-0.05, 0) is 38.5 Å². The summed E-state index contributed by atoms with van der Waals surface area (Å²) in [5.41, 5.74) is 2.48. The molecule has 1 aliphatic carbocycles. The number of aromatic nitrogens is 2. The number of aryl methyl sites for hydroxylation is 1. The first-order valence-corrected chi connectivity index (χ1v) is 6.56. The number of nitrogens with zero attached hydrogens (tertiary/aromatic N) is 2. The van der Waals surface area contributed by atoms with E-state index >= 15 is 0 Å². The average molecular weight is 235 g/mol. The first-order chi connectivity index (χ1) is 8.31. The van der Waals surface area contributed by atoms with Crippen molar-refractivity contribution >= 4 is 5.82 Å². The molecule has 0 radical (unpaired) electrons. The molecule has 0 saturated carbocycles. The number of anilines is 1. The third-order valence-corrected chi connectivity index (χ3v) is 3.37. The van der Waals surface area contributed by atoms with Crippen LogP contribution < -0.4 is 5.32 Å². The molecular weight excluding hydrogens is 214 g/mol. The van der Waals surface area contributed by atoms with Crippen LogP contribution in [-0.4, -0.2) is 27.7 Å². The number of fused-ring (bicyclic) bond motifs is 1. The number of rotatable bonds is 5. The maximum absolute atomic E-state index is 9.50. The van der Waals surface area contributed by atoms with E-state index in [1.165, 1.54) is 24.1 Å². The summed E-state index contributed by atoms with van der Waals surface area (Å²) in [4.78, 5) is 8.65. The summed E-state index contributed by atoms with van der Waals surface area (Å²) < 4.78 is 0. The molecule has 0 aromatic carbocycles. The minimum Gasteiger partial charge on any atom is -0.393 e. The molecule has 1 aromatic rings. The zero-order valence-electron chi connectivity index (χ0n) is 10.4. The Hall–Kier alpha value is -1.16. The molecule has 4 heteroatoms. The fraction of sp³-hybridized carbons (Fsp3) is 0.692. The van der Waals surface area contributed by atoms with Gasteiger partial charge in [-0.15, -0.1) is 0 Å². The zero-order chi connectivity index (χ0) is 12.1. The van der Waals surface area contributed by atoms with E-state index < -0.39 is 0 Å². The Kier molecular flexibility index (Phi) is 4.31. The fourth-order valence-corrected chi connectivity index (χ4v) is 2.23. The van der Waals surface area contributed by atoms with Crippen LogP contribution in [-0.2, 0) is 12.8 Å². The number of aliphatic hydroxyl groups excluding tert-OH is 1. The minimum atomic E-state index is -0.208. The van der Waals surface area contributed by atoms with Crippen LogP contribution in [0, 0.1) is 0 Å². The maximum Gasteiger partial charge on any atom is 0.132 e. The van der Waals surface area contributed by atoms with Crippen molar-refractivity contribution in [2.75, 3.05) is 11.9 Å². The van der Waals surface area contributed by atoms with Gasteiger partial charge in [0.1, 0.15) is 12.1 Å². The van der Waals surface area contributed by atoms with Gasteiger partial charge in [0.05, 0.1) is 6.10 Å². The predicted molar refractivity (Wildman–Crippen MR) is 68.1 cm³/mol. The van der Waals surface area contributed by atoms with E-state index in [-0.39, 0.29) is 6.10 Å². The van der Waals surface area contributed by atoms with Gasteiger partial charge in [-0.1, -0.05) is 6.92 Å². The minimum absolute atomic E-state index is 0.208. The maximum atomic E-state index is 9.50. The van der Waals surface area contributed by atoms with Crippen molar-refractivity contribution in [3.8, 4) is 0 Å². The lowest BCUT2D eigenvalue weighted by Gasteiger charge is -2.18. The van der Waals surface area contributed by atoms with Gasteiger partial charge in [-0.2, -0.15) is 0 Å². The standard InChI is InChI=1S/C13H21N3O/c1-2-10(17)7-8-14-13-11-5-3-4-6-12(11)15-9-16-13/h9-10,17H,2-8H2,1H3,(H,14,15,16). The van der Waals surface area contributed by atoms with Crippen LogP contribution in [0.3, 0.4) is 0 Å². The highest BCUT2D eigenvalue weighted by atomic mass is 16.3. The molecule has 94 valence electrons. The van der Waals surface area contributed by atoms with Crippen LogP contribution in [0.2, 0.25) is 0 Å². The van der Waals surface area contributed by atoms with E-state index in [0.29, 0.717) is 0 Å². The van der Waals surface area contributed by atoms with Crippen LogP contribution in [0.1, 0.15) is 43.9 Å². The van der Waals surface area contributed by atoms with Crippen molar-refractivity contribution in [2.24, 2.45) is 0 Å². The van der Waals surface area contributed by atoms with E-state index in [4.69, 9.17) is 0 Å². The summed E-state index contributed by atoms with van der Waals surface area (Å²) in [6.45, 7) is 2.77. The third kappa shape index (κ3) is 3.16. The summed E-state index contributed by atoms with van der Waals surface area (Å²) in [7, 11) is 0. The molecule has 2 N–H and O–H groups in total. The first-order valence-electron chi connectivity index (χ1n) is 6.56. The van der Waals surface area contributed by atoms with E-state index in [9.17, 15) is 5.11 Å². The Bertz CT molecular complexity index is 368. The zero-order valence-corrected chi connectivity index (χ0v) is 10.4. The highest BCUT2D eigenvalue weighted by Gasteiger charge is 2.15. The second kappa shape index (κ2) is 5.96. The summed E-state index contributed by atoms with van der Waals surface area (Å²) in [5, 5.41) is 12.8. The van der Waals surface area contributed by atoms with Gasteiger partial charge < -0.3 is 10.4 Å². The molecule has 1 atom stereocenters. The van der Waals surface area contributed by atoms with Crippen molar-refractivity contribution in [1.82, 2.24) is 9.97 Å². The van der Waals surface area contributed by atoms with Crippen molar-refractivity contribution in [1.29, 1.82) is 0 Å². The monoisotopic (exact) mass is 235 g/mol. The summed E-state index contributed by atoms with van der Waals surface area (Å²) in [6, 6.07) is 0. The molecule has 1 aliphatic rings. The van der Waals surface area contributed by atoms with Gasteiger partial charge in [0.2, 0.25) is 0 Å². The second-order valence-corrected chi connectivity index (χ2v) is 4.63. The van der Waals surface area contributed by atoms with Crippen LogP contribution in [0.5, 0.6) is 0 Å². The Morgan fingerprint density at radius 2 is 2.18 bits per heavy atom. The van der Waals surface area contributed by atoms with Gasteiger partial charge in [0.25, 0.3) is 0 Å². The summed E-state index contributed by atoms with van der Waals surface area (Å²) in [6.07, 6.45) is 7.63. The van der Waals surface area contributed by atoms with E-state index in [1.807, 2.05) is 6.92 Å². The SMILES string of the molecule is CCC(O)CCNc1ncnc2c1CCCC2. The van der Waals surface area contributed by atoms with Crippen LogP contribution >= 0.6 is 0 Å². The molecule has 1 unspecified atom stereocenters. The van der Waals surface area contributed by atoms with Crippen molar-refractivity contribution < 1.29 is 5.11 Å². The van der Waals surface area contributed by atoms with Gasteiger partial charge in [0, 0.05) is 17.8 Å². The van der Waals surface area contributed by atoms with E-state index in [0.717, 1.165) is 38.0 Å². The predicted octanol–water partition coefficient (Wildman–Crippen LogP) is 1.93. The van der Waals surface area contributed by atoms with Gasteiger partial charge in [0.15, 0.2) is 0 Å². The van der Waals surface area contributed by atoms with Gasteiger partial charge >= 0.3 is 0 Å². The molecule has 17 heavy (non-hydrogen) atoms. The molecular formula is C13H21N3O. The average Bonchev–Trinajstić information content (AvgIpc) is 2.39. The Labute approximate surface area is 102 Å². The van der Waals surface area contributed by atoms with Crippen molar-refractivity contribution in [3.63, 3.8) is 0 Å². The topological polar surface area (TPSA) is 58.0 Å². The second-order valence-electron chi connectivity index (χ2n) is 4.63. The highest BCUT2D eigenvalue weighted by Crippen LogP contribution is 2.24. The van der Waals surface area contributed by atoms with Gasteiger partial charge in [-0.25, -0.2) is 9.97 Å². The normalized spacial score (nSPS) is 16.4. The molecule has 0 amide bonds. The Balaban J connectivity index is 1.96. The largest absolute Gasteiger partial charge is 0.393 e. The third-order valence-electron chi connectivity index (χ3n) is 3.37. The van der Waals surface area contributed by atoms with Crippen molar-refractivity contribution in [3.05, 3.63) is 17.6 Å². The quantitative estimate of drug-likeness (QED) is 0.818. The molecule has 1 aromatic heterocycles. The van der Waals surface area contributed by atoms with E-state index in [1.54, 1.807) is 6.33 Å². The number of nitrogens with one attached hydrogen (secondary N) is 1.